The number of ether oxygens (including phenoxy) is 2. The van der Waals surface area contributed by atoms with E-state index in [1.165, 1.54) is 0 Å². The summed E-state index contributed by atoms with van der Waals surface area (Å²) < 4.78 is 10.5. The van der Waals surface area contributed by atoms with Crippen LogP contribution in [0.15, 0.2) is 24.3 Å². The zero-order valence-electron chi connectivity index (χ0n) is 14.4. The van der Waals surface area contributed by atoms with Crippen LogP contribution in [0, 0.1) is 0 Å². The number of hydrogen-bond acceptors (Lipinski definition) is 5. The minimum atomic E-state index is -0.331. The van der Waals surface area contributed by atoms with Gasteiger partial charge in [-0.3, -0.25) is 9.69 Å². The fraction of sp³-hybridized carbons (Fsp3) is 0.556. The SMILES string of the molecule is CCCCOC(=O)c1ccc(NC(=O)C(C)N2CCOCC2)cc1. The van der Waals surface area contributed by atoms with Gasteiger partial charge >= 0.3 is 5.97 Å². The summed E-state index contributed by atoms with van der Waals surface area (Å²) in [6.07, 6.45) is 1.85. The lowest BCUT2D eigenvalue weighted by Crippen LogP contribution is -2.47. The van der Waals surface area contributed by atoms with Gasteiger partial charge in [-0.25, -0.2) is 4.79 Å². The van der Waals surface area contributed by atoms with Crippen LogP contribution in [0.5, 0.6) is 0 Å². The Morgan fingerprint density at radius 3 is 2.54 bits per heavy atom. The van der Waals surface area contributed by atoms with Crippen molar-refractivity contribution in [3.63, 3.8) is 0 Å². The smallest absolute Gasteiger partial charge is 0.338 e. The molecule has 0 radical (unpaired) electrons. The van der Waals surface area contributed by atoms with Gasteiger partial charge in [-0.2, -0.15) is 0 Å². The van der Waals surface area contributed by atoms with Crippen molar-refractivity contribution < 1.29 is 19.1 Å². The van der Waals surface area contributed by atoms with Crippen LogP contribution in [0.3, 0.4) is 0 Å². The van der Waals surface area contributed by atoms with Crippen LogP contribution in [0.25, 0.3) is 0 Å². The zero-order chi connectivity index (χ0) is 17.4. The summed E-state index contributed by atoms with van der Waals surface area (Å²) in [5, 5.41) is 2.88. The van der Waals surface area contributed by atoms with Crippen LogP contribution in [-0.4, -0.2) is 55.7 Å². The number of amides is 1. The Bertz CT molecular complexity index is 538. The highest BCUT2D eigenvalue weighted by Crippen LogP contribution is 2.13. The Labute approximate surface area is 143 Å². The molecule has 1 N–H and O–H groups in total. The quantitative estimate of drug-likeness (QED) is 0.612. The highest BCUT2D eigenvalue weighted by molar-refractivity contribution is 5.95. The first-order valence-corrected chi connectivity index (χ1v) is 8.51. The second-order valence-corrected chi connectivity index (χ2v) is 5.88. The molecule has 1 atom stereocenters. The molecule has 0 aliphatic carbocycles. The molecule has 0 spiro atoms. The normalized spacial score (nSPS) is 16.4. The van der Waals surface area contributed by atoms with Crippen molar-refractivity contribution in [3.8, 4) is 0 Å². The lowest BCUT2D eigenvalue weighted by molar-refractivity contribution is -0.122. The third-order valence-corrected chi connectivity index (χ3v) is 4.09. The molecule has 132 valence electrons. The van der Waals surface area contributed by atoms with Crippen molar-refractivity contribution in [2.45, 2.75) is 32.7 Å². The van der Waals surface area contributed by atoms with E-state index in [2.05, 4.69) is 10.2 Å². The van der Waals surface area contributed by atoms with Gasteiger partial charge in [0.2, 0.25) is 5.91 Å². The topological polar surface area (TPSA) is 67.9 Å². The van der Waals surface area contributed by atoms with Crippen molar-refractivity contribution in [2.75, 3.05) is 38.2 Å². The second-order valence-electron chi connectivity index (χ2n) is 5.88. The summed E-state index contributed by atoms with van der Waals surface area (Å²) in [5.41, 5.74) is 1.16. The van der Waals surface area contributed by atoms with Crippen molar-refractivity contribution in [1.82, 2.24) is 4.90 Å². The molecule has 1 aromatic carbocycles. The van der Waals surface area contributed by atoms with Crippen LogP contribution in [0.4, 0.5) is 5.69 Å². The molecule has 6 heteroatoms. The van der Waals surface area contributed by atoms with Crippen molar-refractivity contribution in [1.29, 1.82) is 0 Å². The average Bonchev–Trinajstić information content (AvgIpc) is 2.62. The van der Waals surface area contributed by atoms with Crippen LogP contribution >= 0.6 is 0 Å². The Kier molecular flexibility index (Phi) is 7.21. The summed E-state index contributed by atoms with van der Waals surface area (Å²) in [6.45, 7) is 7.21. The fourth-order valence-corrected chi connectivity index (χ4v) is 2.46. The molecule has 1 fully saturated rings. The van der Waals surface area contributed by atoms with E-state index >= 15 is 0 Å². The summed E-state index contributed by atoms with van der Waals surface area (Å²) in [5.74, 6) is -0.391. The first-order chi connectivity index (χ1) is 11.6. The van der Waals surface area contributed by atoms with E-state index in [0.717, 1.165) is 25.9 Å². The first-order valence-electron chi connectivity index (χ1n) is 8.51. The number of hydrogen-bond donors (Lipinski definition) is 1. The number of nitrogens with zero attached hydrogens (tertiary/aromatic N) is 1. The standard InChI is InChI=1S/C18H26N2O4/c1-3-4-11-24-18(22)15-5-7-16(8-6-15)19-17(21)14(2)20-9-12-23-13-10-20/h5-8,14H,3-4,9-13H2,1-2H3,(H,19,21). The number of rotatable bonds is 7. The highest BCUT2D eigenvalue weighted by atomic mass is 16.5. The first kappa shape index (κ1) is 18.4. The molecule has 1 heterocycles. The van der Waals surface area contributed by atoms with Gasteiger partial charge in [0.1, 0.15) is 0 Å². The summed E-state index contributed by atoms with van der Waals surface area (Å²) in [4.78, 5) is 26.3. The molecular weight excluding hydrogens is 308 g/mol. The largest absolute Gasteiger partial charge is 0.462 e. The van der Waals surface area contributed by atoms with Gasteiger partial charge in [0.05, 0.1) is 31.4 Å². The lowest BCUT2D eigenvalue weighted by Gasteiger charge is -2.31. The van der Waals surface area contributed by atoms with E-state index in [-0.39, 0.29) is 17.9 Å². The summed E-state index contributed by atoms with van der Waals surface area (Å²) >= 11 is 0. The maximum atomic E-state index is 12.3. The van der Waals surface area contributed by atoms with Crippen LogP contribution < -0.4 is 5.32 Å². The molecule has 1 unspecified atom stereocenters. The van der Waals surface area contributed by atoms with Crippen molar-refractivity contribution in [3.05, 3.63) is 29.8 Å². The predicted octanol–water partition coefficient (Wildman–Crippen LogP) is 2.30. The molecule has 1 aromatic rings. The van der Waals surface area contributed by atoms with Gasteiger partial charge in [0, 0.05) is 18.8 Å². The summed E-state index contributed by atoms with van der Waals surface area (Å²) in [6, 6.07) is 6.57. The predicted molar refractivity (Wildman–Crippen MR) is 92.1 cm³/mol. The summed E-state index contributed by atoms with van der Waals surface area (Å²) in [7, 11) is 0. The van der Waals surface area contributed by atoms with E-state index in [1.54, 1.807) is 24.3 Å². The van der Waals surface area contributed by atoms with Gasteiger partial charge in [-0.15, -0.1) is 0 Å². The molecule has 1 saturated heterocycles. The maximum absolute atomic E-state index is 12.3. The highest BCUT2D eigenvalue weighted by Gasteiger charge is 2.23. The molecule has 0 saturated carbocycles. The number of carbonyl (C=O) groups excluding carboxylic acids is 2. The molecule has 0 aromatic heterocycles. The number of unbranched alkanes of at least 4 members (excludes halogenated alkanes) is 1. The lowest BCUT2D eigenvalue weighted by atomic mass is 10.2. The van der Waals surface area contributed by atoms with E-state index in [1.807, 2.05) is 13.8 Å². The van der Waals surface area contributed by atoms with Crippen molar-refractivity contribution >= 4 is 17.6 Å². The molecule has 6 nitrogen and oxygen atoms in total. The van der Waals surface area contributed by atoms with E-state index < -0.39 is 0 Å². The minimum absolute atomic E-state index is 0.0600. The van der Waals surface area contributed by atoms with Gasteiger partial charge in [0.25, 0.3) is 0 Å². The van der Waals surface area contributed by atoms with Gasteiger partial charge in [-0.1, -0.05) is 13.3 Å². The monoisotopic (exact) mass is 334 g/mol. The van der Waals surface area contributed by atoms with Crippen LogP contribution in [0.1, 0.15) is 37.0 Å². The number of esters is 1. The fourth-order valence-electron chi connectivity index (χ4n) is 2.46. The van der Waals surface area contributed by atoms with Crippen LogP contribution in [0.2, 0.25) is 0 Å². The number of carbonyl (C=O) groups is 2. The van der Waals surface area contributed by atoms with E-state index in [9.17, 15) is 9.59 Å². The van der Waals surface area contributed by atoms with Gasteiger partial charge in [-0.05, 0) is 37.6 Å². The number of nitrogens with one attached hydrogen (secondary N) is 1. The van der Waals surface area contributed by atoms with Crippen LogP contribution in [-0.2, 0) is 14.3 Å². The molecular formula is C18H26N2O4. The van der Waals surface area contributed by atoms with Gasteiger partial charge < -0.3 is 14.8 Å². The third kappa shape index (κ3) is 5.32. The van der Waals surface area contributed by atoms with E-state index in [0.29, 0.717) is 31.1 Å². The number of benzene rings is 1. The number of morpholine rings is 1. The second kappa shape index (κ2) is 9.39. The van der Waals surface area contributed by atoms with E-state index in [4.69, 9.17) is 9.47 Å². The molecule has 1 amide bonds. The Hall–Kier alpha value is -1.92. The molecule has 24 heavy (non-hydrogen) atoms. The maximum Gasteiger partial charge on any atom is 0.338 e. The minimum Gasteiger partial charge on any atom is -0.462 e. The van der Waals surface area contributed by atoms with Gasteiger partial charge in [0.15, 0.2) is 0 Å². The molecule has 1 aliphatic heterocycles. The Morgan fingerprint density at radius 2 is 1.92 bits per heavy atom. The number of anilines is 1. The van der Waals surface area contributed by atoms with Crippen molar-refractivity contribution in [2.24, 2.45) is 0 Å². The molecule has 2 rings (SSSR count). The third-order valence-electron chi connectivity index (χ3n) is 4.09. The zero-order valence-corrected chi connectivity index (χ0v) is 14.4. The Morgan fingerprint density at radius 1 is 1.25 bits per heavy atom. The molecule has 0 bridgehead atoms. The average molecular weight is 334 g/mol. The molecule has 1 aliphatic rings. The Balaban J connectivity index is 1.86.